The third-order valence-corrected chi connectivity index (χ3v) is 2.90. The number of aryl methyl sites for hydroxylation is 1. The van der Waals surface area contributed by atoms with Crippen LogP contribution in [0.15, 0.2) is 29.1 Å². The second-order valence-corrected chi connectivity index (χ2v) is 4.28. The number of nitrogens with zero attached hydrogens (tertiary/aromatic N) is 3. The quantitative estimate of drug-likeness (QED) is 0.665. The summed E-state index contributed by atoms with van der Waals surface area (Å²) in [5.41, 5.74) is 0.210. The van der Waals surface area contributed by atoms with Crippen LogP contribution in [0.25, 0.3) is 11.1 Å². The van der Waals surface area contributed by atoms with E-state index in [0.717, 1.165) is 0 Å². The van der Waals surface area contributed by atoms with Crippen LogP contribution >= 0.6 is 0 Å². The maximum absolute atomic E-state index is 11.7. The Labute approximate surface area is 118 Å². The number of nitro benzene ring substituents is 1. The minimum Gasteiger partial charge on any atom is -0.325 e. The van der Waals surface area contributed by atoms with E-state index in [1.165, 1.54) is 18.2 Å². The third kappa shape index (κ3) is 2.48. The fraction of sp³-hybridized carbons (Fsp3) is 0.0714. The summed E-state index contributed by atoms with van der Waals surface area (Å²) in [7, 11) is 0. The zero-order chi connectivity index (χ0) is 15.6. The molecule has 0 unspecified atom stereocenters. The van der Waals surface area contributed by atoms with E-state index in [0.29, 0.717) is 16.8 Å². The van der Waals surface area contributed by atoms with Crippen LogP contribution in [-0.4, -0.2) is 9.91 Å². The van der Waals surface area contributed by atoms with Gasteiger partial charge in [-0.05, 0) is 30.7 Å². The molecule has 0 bridgehead atoms. The summed E-state index contributed by atoms with van der Waals surface area (Å²) in [5, 5.41) is 28.9. The molecule has 1 aromatic carbocycles. The van der Waals surface area contributed by atoms with Crippen molar-refractivity contribution in [2.45, 2.75) is 6.92 Å². The Balaban J connectivity index is 2.75. The summed E-state index contributed by atoms with van der Waals surface area (Å²) >= 11 is 0. The summed E-state index contributed by atoms with van der Waals surface area (Å²) in [6.07, 6.45) is 0. The molecule has 0 fully saturated rings. The van der Waals surface area contributed by atoms with Crippen molar-refractivity contribution in [3.63, 3.8) is 0 Å². The summed E-state index contributed by atoms with van der Waals surface area (Å²) in [4.78, 5) is 24.4. The van der Waals surface area contributed by atoms with Crippen molar-refractivity contribution in [2.75, 3.05) is 0 Å². The van der Waals surface area contributed by atoms with E-state index in [-0.39, 0.29) is 16.8 Å². The average molecular weight is 280 g/mol. The lowest BCUT2D eigenvalue weighted by atomic mass is 9.98. The number of aromatic amines is 1. The predicted molar refractivity (Wildman–Crippen MR) is 73.3 cm³/mol. The second-order valence-electron chi connectivity index (χ2n) is 4.28. The van der Waals surface area contributed by atoms with Crippen molar-refractivity contribution < 1.29 is 4.92 Å². The molecule has 7 heteroatoms. The van der Waals surface area contributed by atoms with Crippen molar-refractivity contribution in [1.29, 1.82) is 10.5 Å². The average Bonchev–Trinajstić information content (AvgIpc) is 2.45. The van der Waals surface area contributed by atoms with Crippen molar-refractivity contribution >= 4 is 5.69 Å². The van der Waals surface area contributed by atoms with Gasteiger partial charge in [0.15, 0.2) is 0 Å². The van der Waals surface area contributed by atoms with Gasteiger partial charge in [0, 0.05) is 17.3 Å². The van der Waals surface area contributed by atoms with Gasteiger partial charge in [-0.3, -0.25) is 14.9 Å². The minimum absolute atomic E-state index is 0.0988. The predicted octanol–water partition coefficient (Wildman–Crippen LogP) is 2.00. The highest BCUT2D eigenvalue weighted by molar-refractivity contribution is 5.73. The lowest BCUT2D eigenvalue weighted by molar-refractivity contribution is -0.385. The smallest absolute Gasteiger partial charge is 0.287 e. The molecule has 0 radical (unpaired) electrons. The first-order valence-corrected chi connectivity index (χ1v) is 5.81. The highest BCUT2D eigenvalue weighted by Crippen LogP contribution is 2.27. The van der Waals surface area contributed by atoms with E-state index in [4.69, 9.17) is 10.5 Å². The standard InChI is InChI=1S/C14H8N4O3/c1-8-4-11(12(7-16)14(19)17-8)9-2-3-13(18(20)21)10(5-9)6-15/h2-5H,1H3,(H,17,19). The van der Waals surface area contributed by atoms with E-state index in [1.54, 1.807) is 25.1 Å². The van der Waals surface area contributed by atoms with E-state index in [1.807, 2.05) is 0 Å². The molecule has 0 saturated heterocycles. The zero-order valence-electron chi connectivity index (χ0n) is 10.9. The van der Waals surface area contributed by atoms with Gasteiger partial charge in [0.2, 0.25) is 0 Å². The number of nitrogens with one attached hydrogen (secondary N) is 1. The normalized spacial score (nSPS) is 9.67. The summed E-state index contributed by atoms with van der Waals surface area (Å²) in [5.74, 6) is 0. The van der Waals surface area contributed by atoms with Crippen LogP contribution < -0.4 is 5.56 Å². The number of hydrogen-bond acceptors (Lipinski definition) is 5. The van der Waals surface area contributed by atoms with E-state index < -0.39 is 10.5 Å². The van der Waals surface area contributed by atoms with Crippen molar-refractivity contribution in [1.82, 2.24) is 4.98 Å². The molecule has 21 heavy (non-hydrogen) atoms. The van der Waals surface area contributed by atoms with Gasteiger partial charge in [-0.25, -0.2) is 0 Å². The van der Waals surface area contributed by atoms with Gasteiger partial charge in [0.05, 0.1) is 4.92 Å². The van der Waals surface area contributed by atoms with Crippen LogP contribution in [0.2, 0.25) is 0 Å². The molecule has 0 spiro atoms. The van der Waals surface area contributed by atoms with Gasteiger partial charge >= 0.3 is 0 Å². The Morgan fingerprint density at radius 1 is 1.24 bits per heavy atom. The Morgan fingerprint density at radius 2 is 1.95 bits per heavy atom. The Bertz CT molecular complexity index is 885. The molecule has 0 amide bonds. The molecule has 0 aliphatic heterocycles. The summed E-state index contributed by atoms with van der Waals surface area (Å²) < 4.78 is 0. The van der Waals surface area contributed by atoms with Crippen LogP contribution in [0, 0.1) is 39.7 Å². The van der Waals surface area contributed by atoms with Crippen molar-refractivity contribution in [3.8, 4) is 23.3 Å². The Morgan fingerprint density at radius 3 is 2.52 bits per heavy atom. The number of hydrogen-bond donors (Lipinski definition) is 1. The van der Waals surface area contributed by atoms with Crippen LogP contribution in [-0.2, 0) is 0 Å². The monoisotopic (exact) mass is 280 g/mol. The molecule has 1 aromatic heterocycles. The molecule has 0 aliphatic rings. The number of nitriles is 2. The number of pyridine rings is 1. The number of rotatable bonds is 2. The number of nitro groups is 1. The zero-order valence-corrected chi connectivity index (χ0v) is 10.9. The second kappa shape index (κ2) is 5.27. The Hall–Kier alpha value is -3.45. The summed E-state index contributed by atoms with van der Waals surface area (Å²) in [6, 6.07) is 9.03. The van der Waals surface area contributed by atoms with E-state index >= 15 is 0 Å². The number of benzene rings is 1. The SMILES string of the molecule is Cc1cc(-c2ccc([N+](=O)[O-])c(C#N)c2)c(C#N)c(=O)[nH]1. The molecular weight excluding hydrogens is 272 g/mol. The summed E-state index contributed by atoms with van der Waals surface area (Å²) in [6.45, 7) is 1.66. The first kappa shape index (κ1) is 14.0. The van der Waals surface area contributed by atoms with Crippen molar-refractivity contribution in [2.24, 2.45) is 0 Å². The highest BCUT2D eigenvalue weighted by atomic mass is 16.6. The Kier molecular flexibility index (Phi) is 3.51. The van der Waals surface area contributed by atoms with Gasteiger partial charge in [-0.1, -0.05) is 0 Å². The fourth-order valence-corrected chi connectivity index (χ4v) is 1.98. The van der Waals surface area contributed by atoms with Crippen LogP contribution in [0.5, 0.6) is 0 Å². The van der Waals surface area contributed by atoms with Gasteiger partial charge in [0.1, 0.15) is 23.3 Å². The van der Waals surface area contributed by atoms with Gasteiger partial charge in [-0.15, -0.1) is 0 Å². The fourth-order valence-electron chi connectivity index (χ4n) is 1.98. The topological polar surface area (TPSA) is 124 Å². The van der Waals surface area contributed by atoms with Gasteiger partial charge in [-0.2, -0.15) is 10.5 Å². The molecule has 0 atom stereocenters. The van der Waals surface area contributed by atoms with Crippen LogP contribution in [0.1, 0.15) is 16.8 Å². The van der Waals surface area contributed by atoms with Crippen molar-refractivity contribution in [3.05, 3.63) is 61.6 Å². The molecule has 1 N–H and O–H groups in total. The lowest BCUT2D eigenvalue weighted by Crippen LogP contribution is -2.12. The molecule has 7 nitrogen and oxygen atoms in total. The lowest BCUT2D eigenvalue weighted by Gasteiger charge is -2.06. The maximum Gasteiger partial charge on any atom is 0.287 e. The van der Waals surface area contributed by atoms with Crippen LogP contribution in [0.3, 0.4) is 0 Å². The van der Waals surface area contributed by atoms with Gasteiger partial charge < -0.3 is 4.98 Å². The number of aromatic nitrogens is 1. The molecule has 102 valence electrons. The first-order valence-electron chi connectivity index (χ1n) is 5.81. The molecule has 1 heterocycles. The van der Waals surface area contributed by atoms with Gasteiger partial charge in [0.25, 0.3) is 11.2 Å². The molecule has 2 aromatic rings. The van der Waals surface area contributed by atoms with E-state index in [9.17, 15) is 14.9 Å². The van der Waals surface area contributed by atoms with Crippen LogP contribution in [0.4, 0.5) is 5.69 Å². The first-order chi connectivity index (χ1) is 9.97. The molecule has 0 saturated carbocycles. The largest absolute Gasteiger partial charge is 0.325 e. The maximum atomic E-state index is 11.7. The molecule has 2 rings (SSSR count). The highest BCUT2D eigenvalue weighted by Gasteiger charge is 2.17. The minimum atomic E-state index is -0.656. The van der Waals surface area contributed by atoms with E-state index in [2.05, 4.69) is 4.98 Å². The molecular formula is C14H8N4O3. The number of H-pyrrole nitrogens is 1. The molecule has 0 aliphatic carbocycles. The third-order valence-electron chi connectivity index (χ3n) is 2.90.